The maximum atomic E-state index is 13.9. The van der Waals surface area contributed by atoms with E-state index in [4.69, 9.17) is 4.74 Å². The molecule has 0 aliphatic heterocycles. The van der Waals surface area contributed by atoms with Crippen LogP contribution in [0.5, 0.6) is 5.75 Å². The molecule has 0 unspecified atom stereocenters. The Morgan fingerprint density at radius 3 is 2.30 bits per heavy atom. The number of hydrogen-bond donors (Lipinski definition) is 1. The van der Waals surface area contributed by atoms with E-state index in [9.17, 15) is 14.0 Å². The van der Waals surface area contributed by atoms with Gasteiger partial charge in [-0.3, -0.25) is 9.59 Å². The standard InChI is InChI=1S/C24H31FN2O3/c1-6-20(23(29)26-24(3,4)5)27(15-18-13-11-17(2)12-14-18)22(28)16-30-21-10-8-7-9-19(21)25/h7-14,20H,6,15-16H2,1-5H3,(H,26,29)/t20-/m1/s1. The molecule has 0 saturated heterocycles. The largest absolute Gasteiger partial charge is 0.481 e. The molecule has 0 heterocycles. The molecule has 2 amide bonds. The molecule has 0 radical (unpaired) electrons. The van der Waals surface area contributed by atoms with E-state index >= 15 is 0 Å². The molecule has 1 N–H and O–H groups in total. The van der Waals surface area contributed by atoms with Crippen molar-refractivity contribution in [3.8, 4) is 5.75 Å². The quantitative estimate of drug-likeness (QED) is 0.703. The van der Waals surface area contributed by atoms with Crippen LogP contribution in [-0.4, -0.2) is 34.9 Å². The van der Waals surface area contributed by atoms with E-state index in [1.807, 2.05) is 58.9 Å². The average molecular weight is 415 g/mol. The van der Waals surface area contributed by atoms with Gasteiger partial charge in [0.05, 0.1) is 0 Å². The second-order valence-corrected chi connectivity index (χ2v) is 8.39. The Balaban J connectivity index is 2.24. The van der Waals surface area contributed by atoms with Gasteiger partial charge in [-0.05, 0) is 51.8 Å². The van der Waals surface area contributed by atoms with Crippen molar-refractivity contribution in [3.63, 3.8) is 0 Å². The first kappa shape index (κ1) is 23.4. The number of halogens is 1. The van der Waals surface area contributed by atoms with Gasteiger partial charge in [-0.2, -0.15) is 0 Å². The van der Waals surface area contributed by atoms with Gasteiger partial charge < -0.3 is 15.0 Å². The summed E-state index contributed by atoms with van der Waals surface area (Å²) in [7, 11) is 0. The highest BCUT2D eigenvalue weighted by molar-refractivity contribution is 5.88. The number of ether oxygens (including phenoxy) is 1. The van der Waals surface area contributed by atoms with Gasteiger partial charge in [-0.25, -0.2) is 4.39 Å². The molecule has 0 aliphatic carbocycles. The molecule has 5 nitrogen and oxygen atoms in total. The number of benzene rings is 2. The fourth-order valence-electron chi connectivity index (χ4n) is 3.05. The average Bonchev–Trinajstić information content (AvgIpc) is 2.67. The van der Waals surface area contributed by atoms with Crippen molar-refractivity contribution in [1.29, 1.82) is 0 Å². The van der Waals surface area contributed by atoms with Crippen LogP contribution in [0.15, 0.2) is 48.5 Å². The van der Waals surface area contributed by atoms with Gasteiger partial charge in [0.15, 0.2) is 18.2 Å². The van der Waals surface area contributed by atoms with Crippen molar-refractivity contribution in [2.45, 2.75) is 59.2 Å². The lowest BCUT2D eigenvalue weighted by atomic mass is 10.1. The first-order chi connectivity index (χ1) is 14.1. The lowest BCUT2D eigenvalue weighted by Crippen LogP contribution is -2.54. The van der Waals surface area contributed by atoms with Gasteiger partial charge >= 0.3 is 0 Å². The summed E-state index contributed by atoms with van der Waals surface area (Å²) in [5, 5.41) is 2.95. The van der Waals surface area contributed by atoms with Crippen LogP contribution < -0.4 is 10.1 Å². The summed E-state index contributed by atoms with van der Waals surface area (Å²) in [6.45, 7) is 9.43. The Morgan fingerprint density at radius 1 is 1.10 bits per heavy atom. The zero-order chi connectivity index (χ0) is 22.3. The smallest absolute Gasteiger partial charge is 0.261 e. The number of nitrogens with one attached hydrogen (secondary N) is 1. The van der Waals surface area contributed by atoms with Crippen molar-refractivity contribution in [3.05, 3.63) is 65.5 Å². The fourth-order valence-corrected chi connectivity index (χ4v) is 3.05. The van der Waals surface area contributed by atoms with Gasteiger partial charge in [-0.1, -0.05) is 48.9 Å². The number of amides is 2. The maximum Gasteiger partial charge on any atom is 0.261 e. The van der Waals surface area contributed by atoms with Crippen LogP contribution in [0.3, 0.4) is 0 Å². The van der Waals surface area contributed by atoms with Crippen LogP contribution in [0, 0.1) is 12.7 Å². The second-order valence-electron chi connectivity index (χ2n) is 8.39. The lowest BCUT2D eigenvalue weighted by molar-refractivity contribution is -0.143. The minimum atomic E-state index is -0.665. The topological polar surface area (TPSA) is 58.6 Å². The lowest BCUT2D eigenvalue weighted by Gasteiger charge is -2.33. The van der Waals surface area contributed by atoms with E-state index in [1.54, 1.807) is 12.1 Å². The predicted octanol–water partition coefficient (Wildman–Crippen LogP) is 4.24. The summed E-state index contributed by atoms with van der Waals surface area (Å²) in [4.78, 5) is 27.5. The third kappa shape index (κ3) is 6.87. The highest BCUT2D eigenvalue weighted by atomic mass is 19.1. The molecule has 0 fully saturated rings. The molecule has 2 aromatic carbocycles. The summed E-state index contributed by atoms with van der Waals surface area (Å²) < 4.78 is 19.3. The van der Waals surface area contributed by atoms with Gasteiger partial charge in [0, 0.05) is 12.1 Å². The van der Waals surface area contributed by atoms with Crippen molar-refractivity contribution >= 4 is 11.8 Å². The third-order valence-corrected chi connectivity index (χ3v) is 4.55. The number of rotatable bonds is 8. The highest BCUT2D eigenvalue weighted by Gasteiger charge is 2.31. The van der Waals surface area contributed by atoms with Crippen molar-refractivity contribution in [2.24, 2.45) is 0 Å². The number of nitrogens with zero attached hydrogens (tertiary/aromatic N) is 1. The molecule has 1 atom stereocenters. The van der Waals surface area contributed by atoms with E-state index in [0.29, 0.717) is 6.42 Å². The molecule has 0 bridgehead atoms. The van der Waals surface area contributed by atoms with E-state index < -0.39 is 17.4 Å². The second kappa shape index (κ2) is 10.2. The van der Waals surface area contributed by atoms with Crippen LogP contribution in [-0.2, 0) is 16.1 Å². The summed E-state index contributed by atoms with van der Waals surface area (Å²) in [5.74, 6) is -1.13. The van der Waals surface area contributed by atoms with Crippen molar-refractivity contribution < 1.29 is 18.7 Å². The first-order valence-corrected chi connectivity index (χ1v) is 10.1. The Bertz CT molecular complexity index is 859. The normalized spacial score (nSPS) is 12.2. The number of aryl methyl sites for hydroxylation is 1. The molecule has 0 saturated carbocycles. The van der Waals surface area contributed by atoms with E-state index in [1.165, 1.54) is 17.0 Å². The van der Waals surface area contributed by atoms with Crippen LogP contribution in [0.1, 0.15) is 45.2 Å². The highest BCUT2D eigenvalue weighted by Crippen LogP contribution is 2.18. The van der Waals surface area contributed by atoms with Gasteiger partial charge in [0.2, 0.25) is 5.91 Å². The molecule has 0 aromatic heterocycles. The number of carbonyl (C=O) groups excluding carboxylic acids is 2. The fraction of sp³-hybridized carbons (Fsp3) is 0.417. The molecule has 0 aliphatic rings. The number of para-hydroxylation sites is 1. The Hall–Kier alpha value is -2.89. The van der Waals surface area contributed by atoms with Crippen LogP contribution in [0.4, 0.5) is 4.39 Å². The van der Waals surface area contributed by atoms with Crippen LogP contribution in [0.2, 0.25) is 0 Å². The third-order valence-electron chi connectivity index (χ3n) is 4.55. The predicted molar refractivity (Wildman–Crippen MR) is 116 cm³/mol. The Kier molecular flexibility index (Phi) is 7.98. The van der Waals surface area contributed by atoms with Crippen LogP contribution >= 0.6 is 0 Å². The van der Waals surface area contributed by atoms with E-state index in [-0.39, 0.29) is 30.7 Å². The monoisotopic (exact) mass is 414 g/mol. The zero-order valence-electron chi connectivity index (χ0n) is 18.4. The van der Waals surface area contributed by atoms with Gasteiger partial charge in [0.25, 0.3) is 5.91 Å². The van der Waals surface area contributed by atoms with Crippen molar-refractivity contribution in [2.75, 3.05) is 6.61 Å². The Labute approximate surface area is 178 Å². The molecule has 30 heavy (non-hydrogen) atoms. The summed E-state index contributed by atoms with van der Waals surface area (Å²) >= 11 is 0. The summed E-state index contributed by atoms with van der Waals surface area (Å²) in [5.41, 5.74) is 1.59. The molecular weight excluding hydrogens is 383 g/mol. The van der Waals surface area contributed by atoms with Crippen molar-refractivity contribution in [1.82, 2.24) is 10.2 Å². The molecule has 2 aromatic rings. The van der Waals surface area contributed by atoms with Crippen LogP contribution in [0.25, 0.3) is 0 Å². The molecule has 162 valence electrons. The maximum absolute atomic E-state index is 13.9. The summed E-state index contributed by atoms with van der Waals surface area (Å²) in [6.07, 6.45) is 0.444. The molecule has 6 heteroatoms. The molecule has 0 spiro atoms. The Morgan fingerprint density at radius 2 is 1.73 bits per heavy atom. The summed E-state index contributed by atoms with van der Waals surface area (Å²) in [6, 6.07) is 13.1. The number of carbonyl (C=O) groups is 2. The first-order valence-electron chi connectivity index (χ1n) is 10.1. The minimum Gasteiger partial charge on any atom is -0.481 e. The zero-order valence-corrected chi connectivity index (χ0v) is 18.4. The molecular formula is C24H31FN2O3. The van der Waals surface area contributed by atoms with Gasteiger partial charge in [-0.15, -0.1) is 0 Å². The minimum absolute atomic E-state index is 0.00771. The molecule has 2 rings (SSSR count). The van der Waals surface area contributed by atoms with E-state index in [2.05, 4.69) is 5.32 Å². The van der Waals surface area contributed by atoms with Gasteiger partial charge in [0.1, 0.15) is 6.04 Å². The SMILES string of the molecule is CC[C@H](C(=O)NC(C)(C)C)N(Cc1ccc(C)cc1)C(=O)COc1ccccc1F. The van der Waals surface area contributed by atoms with E-state index in [0.717, 1.165) is 11.1 Å². The number of hydrogen-bond acceptors (Lipinski definition) is 3.